The molecule has 2 aromatic carbocycles. The third-order valence-electron chi connectivity index (χ3n) is 4.58. The zero-order chi connectivity index (χ0) is 18.2. The van der Waals surface area contributed by atoms with Crippen molar-refractivity contribution in [3.05, 3.63) is 78.0 Å². The van der Waals surface area contributed by atoms with Crippen LogP contribution in [0.2, 0.25) is 0 Å². The third-order valence-corrected chi connectivity index (χ3v) is 4.58. The average Bonchev–Trinajstić information content (AvgIpc) is 3.11. The van der Waals surface area contributed by atoms with Gasteiger partial charge in [0, 0.05) is 26.3 Å². The van der Waals surface area contributed by atoms with Crippen molar-refractivity contribution in [3.8, 4) is 11.3 Å². The molecule has 0 atom stereocenters. The summed E-state index contributed by atoms with van der Waals surface area (Å²) < 4.78 is 7.72. The fraction of sp³-hybridized carbons (Fsp3) is 0.318. The minimum atomic E-state index is 0.651. The van der Waals surface area contributed by atoms with Crippen LogP contribution in [0.25, 0.3) is 11.3 Å². The zero-order valence-electron chi connectivity index (χ0n) is 15.6. The molecule has 0 amide bonds. The van der Waals surface area contributed by atoms with Crippen LogP contribution >= 0.6 is 0 Å². The summed E-state index contributed by atoms with van der Waals surface area (Å²) >= 11 is 0. The van der Waals surface area contributed by atoms with Gasteiger partial charge in [-0.1, -0.05) is 54.6 Å². The van der Waals surface area contributed by atoms with E-state index in [-0.39, 0.29) is 0 Å². The van der Waals surface area contributed by atoms with Gasteiger partial charge in [-0.05, 0) is 36.2 Å². The van der Waals surface area contributed by atoms with Crippen molar-refractivity contribution in [2.75, 3.05) is 26.7 Å². The largest absolute Gasteiger partial charge is 0.375 e. The van der Waals surface area contributed by atoms with Crippen molar-refractivity contribution >= 4 is 0 Å². The summed E-state index contributed by atoms with van der Waals surface area (Å²) in [6.45, 7) is 3.39. The highest BCUT2D eigenvalue weighted by molar-refractivity contribution is 5.59. The lowest BCUT2D eigenvalue weighted by atomic mass is 10.1. The van der Waals surface area contributed by atoms with Crippen molar-refractivity contribution in [3.63, 3.8) is 0 Å². The Bertz CT molecular complexity index is 781. The Morgan fingerprint density at radius 3 is 2.38 bits per heavy atom. The van der Waals surface area contributed by atoms with Crippen LogP contribution in [0.15, 0.2) is 66.9 Å². The van der Waals surface area contributed by atoms with Gasteiger partial charge < -0.3 is 9.64 Å². The fourth-order valence-electron chi connectivity index (χ4n) is 2.92. The summed E-state index contributed by atoms with van der Waals surface area (Å²) in [6, 6.07) is 21.1. The molecule has 1 aromatic heterocycles. The van der Waals surface area contributed by atoms with Crippen molar-refractivity contribution in [1.82, 2.24) is 14.7 Å². The van der Waals surface area contributed by atoms with Gasteiger partial charge in [0.1, 0.15) is 0 Å². The standard InChI is InChI=1S/C22H27N3O/c1-24(15-13-19-6-4-3-5-7-19)16-17-26-18-20-8-10-21(11-9-20)22-12-14-23-25(22)2/h3-12,14H,13,15-18H2,1-2H3. The Morgan fingerprint density at radius 2 is 1.69 bits per heavy atom. The van der Waals surface area contributed by atoms with E-state index in [2.05, 4.69) is 71.6 Å². The van der Waals surface area contributed by atoms with Crippen LogP contribution in [0.3, 0.4) is 0 Å². The summed E-state index contributed by atoms with van der Waals surface area (Å²) in [4.78, 5) is 2.32. The number of hydrogen-bond acceptors (Lipinski definition) is 3. The van der Waals surface area contributed by atoms with Crippen LogP contribution < -0.4 is 0 Å². The first kappa shape index (κ1) is 18.4. The Morgan fingerprint density at radius 1 is 0.923 bits per heavy atom. The van der Waals surface area contributed by atoms with Crippen molar-refractivity contribution in [2.24, 2.45) is 7.05 Å². The van der Waals surface area contributed by atoms with Crippen molar-refractivity contribution < 1.29 is 4.74 Å². The molecule has 4 nitrogen and oxygen atoms in total. The highest BCUT2D eigenvalue weighted by Gasteiger charge is 2.03. The second kappa shape index (κ2) is 9.32. The first-order valence-electron chi connectivity index (χ1n) is 9.10. The molecule has 0 bridgehead atoms. The predicted octanol–water partition coefficient (Wildman–Crippen LogP) is 3.78. The molecular formula is C22H27N3O. The lowest BCUT2D eigenvalue weighted by molar-refractivity contribution is 0.0999. The molecule has 0 unspecified atom stereocenters. The molecule has 1 heterocycles. The van der Waals surface area contributed by atoms with E-state index < -0.39 is 0 Å². The maximum Gasteiger partial charge on any atom is 0.0717 e. The number of ether oxygens (including phenoxy) is 1. The number of hydrogen-bond donors (Lipinski definition) is 0. The Hall–Kier alpha value is -2.43. The maximum atomic E-state index is 5.84. The second-order valence-electron chi connectivity index (χ2n) is 6.63. The van der Waals surface area contributed by atoms with E-state index in [1.165, 1.54) is 16.7 Å². The van der Waals surface area contributed by atoms with Crippen LogP contribution in [0.1, 0.15) is 11.1 Å². The molecule has 26 heavy (non-hydrogen) atoms. The number of aryl methyl sites for hydroxylation is 1. The van der Waals surface area contributed by atoms with E-state index >= 15 is 0 Å². The van der Waals surface area contributed by atoms with E-state index in [0.717, 1.165) is 31.8 Å². The van der Waals surface area contributed by atoms with Gasteiger partial charge in [-0.25, -0.2) is 0 Å². The molecule has 0 spiro atoms. The first-order chi connectivity index (χ1) is 12.7. The van der Waals surface area contributed by atoms with Gasteiger partial charge in [0.05, 0.1) is 18.9 Å². The van der Waals surface area contributed by atoms with Gasteiger partial charge in [-0.15, -0.1) is 0 Å². The van der Waals surface area contributed by atoms with Gasteiger partial charge in [0.15, 0.2) is 0 Å². The van der Waals surface area contributed by atoms with E-state index in [9.17, 15) is 0 Å². The Labute approximate surface area is 156 Å². The molecule has 0 aliphatic heterocycles. The highest BCUT2D eigenvalue weighted by atomic mass is 16.5. The van der Waals surface area contributed by atoms with Crippen molar-refractivity contribution in [2.45, 2.75) is 13.0 Å². The molecule has 3 aromatic rings. The number of likely N-dealkylation sites (N-methyl/N-ethyl adjacent to an activating group) is 1. The maximum absolute atomic E-state index is 5.84. The Balaban J connectivity index is 1.36. The van der Waals surface area contributed by atoms with Gasteiger partial charge in [-0.2, -0.15) is 5.10 Å². The molecule has 0 aliphatic rings. The van der Waals surface area contributed by atoms with Crippen LogP contribution in [0.5, 0.6) is 0 Å². The number of aromatic nitrogens is 2. The molecule has 0 saturated heterocycles. The quantitative estimate of drug-likeness (QED) is 0.551. The summed E-state index contributed by atoms with van der Waals surface area (Å²) in [5.74, 6) is 0. The molecule has 0 saturated carbocycles. The number of benzene rings is 2. The smallest absolute Gasteiger partial charge is 0.0717 e. The minimum absolute atomic E-state index is 0.651. The highest BCUT2D eigenvalue weighted by Crippen LogP contribution is 2.18. The molecule has 4 heteroatoms. The van der Waals surface area contributed by atoms with Crippen LogP contribution in [-0.4, -0.2) is 41.4 Å². The van der Waals surface area contributed by atoms with Gasteiger partial charge in [0.25, 0.3) is 0 Å². The van der Waals surface area contributed by atoms with E-state index in [1.54, 1.807) is 0 Å². The summed E-state index contributed by atoms with van der Waals surface area (Å²) in [5.41, 5.74) is 4.88. The molecule has 0 radical (unpaired) electrons. The van der Waals surface area contributed by atoms with Crippen LogP contribution in [0.4, 0.5) is 0 Å². The fourth-order valence-corrected chi connectivity index (χ4v) is 2.92. The predicted molar refractivity (Wildman–Crippen MR) is 106 cm³/mol. The molecule has 136 valence electrons. The first-order valence-corrected chi connectivity index (χ1v) is 9.10. The lowest BCUT2D eigenvalue weighted by Crippen LogP contribution is -2.25. The lowest BCUT2D eigenvalue weighted by Gasteiger charge is -2.16. The summed E-state index contributed by atoms with van der Waals surface area (Å²) in [6.07, 6.45) is 2.90. The van der Waals surface area contributed by atoms with Gasteiger partial charge in [0.2, 0.25) is 0 Å². The average molecular weight is 349 g/mol. The van der Waals surface area contributed by atoms with Crippen LogP contribution in [-0.2, 0) is 24.8 Å². The normalized spacial score (nSPS) is 11.2. The van der Waals surface area contributed by atoms with E-state index in [1.807, 2.05) is 24.0 Å². The van der Waals surface area contributed by atoms with E-state index in [0.29, 0.717) is 6.61 Å². The van der Waals surface area contributed by atoms with Crippen molar-refractivity contribution in [1.29, 1.82) is 0 Å². The van der Waals surface area contributed by atoms with Gasteiger partial charge in [-0.3, -0.25) is 4.68 Å². The van der Waals surface area contributed by atoms with Gasteiger partial charge >= 0.3 is 0 Å². The third kappa shape index (κ3) is 5.28. The number of nitrogens with zero attached hydrogens (tertiary/aromatic N) is 3. The molecule has 0 N–H and O–H groups in total. The number of rotatable bonds is 9. The second-order valence-corrected chi connectivity index (χ2v) is 6.63. The Kier molecular flexibility index (Phi) is 6.58. The van der Waals surface area contributed by atoms with Crippen LogP contribution in [0, 0.1) is 0 Å². The minimum Gasteiger partial charge on any atom is -0.375 e. The molecule has 3 rings (SSSR count). The summed E-state index contributed by atoms with van der Waals surface area (Å²) in [7, 11) is 4.11. The summed E-state index contributed by atoms with van der Waals surface area (Å²) in [5, 5.41) is 4.21. The topological polar surface area (TPSA) is 30.3 Å². The molecule has 0 fully saturated rings. The monoisotopic (exact) mass is 349 g/mol. The molecule has 0 aliphatic carbocycles. The zero-order valence-corrected chi connectivity index (χ0v) is 15.6. The van der Waals surface area contributed by atoms with E-state index in [4.69, 9.17) is 4.74 Å². The SMILES string of the molecule is CN(CCOCc1ccc(-c2ccnn2C)cc1)CCc1ccccc1. The molecular weight excluding hydrogens is 322 g/mol.